The van der Waals surface area contributed by atoms with Crippen molar-refractivity contribution in [3.63, 3.8) is 0 Å². The SMILES string of the molecule is Nc1ccc(Br)cc1NCc1cc(Br)ccc1F. The molecule has 0 radical (unpaired) electrons. The van der Waals surface area contributed by atoms with E-state index < -0.39 is 0 Å². The third-order valence-corrected chi connectivity index (χ3v) is 3.48. The summed E-state index contributed by atoms with van der Waals surface area (Å²) >= 11 is 6.69. The molecule has 0 saturated carbocycles. The first kappa shape index (κ1) is 13.4. The van der Waals surface area contributed by atoms with Crippen molar-refractivity contribution in [3.8, 4) is 0 Å². The molecule has 2 nitrogen and oxygen atoms in total. The molecule has 3 N–H and O–H groups in total. The van der Waals surface area contributed by atoms with E-state index in [-0.39, 0.29) is 5.82 Å². The van der Waals surface area contributed by atoms with Crippen LogP contribution in [0.2, 0.25) is 0 Å². The second-order valence-electron chi connectivity index (χ2n) is 3.82. The Labute approximate surface area is 122 Å². The second-order valence-corrected chi connectivity index (χ2v) is 5.65. The maximum atomic E-state index is 13.6. The lowest BCUT2D eigenvalue weighted by Crippen LogP contribution is -2.04. The molecule has 18 heavy (non-hydrogen) atoms. The van der Waals surface area contributed by atoms with E-state index in [1.165, 1.54) is 6.07 Å². The van der Waals surface area contributed by atoms with Crippen molar-refractivity contribution in [1.82, 2.24) is 0 Å². The van der Waals surface area contributed by atoms with Gasteiger partial charge in [0.1, 0.15) is 5.82 Å². The van der Waals surface area contributed by atoms with E-state index in [9.17, 15) is 4.39 Å². The van der Waals surface area contributed by atoms with E-state index >= 15 is 0 Å². The molecule has 2 rings (SSSR count). The lowest BCUT2D eigenvalue weighted by molar-refractivity contribution is 0.612. The molecule has 0 aromatic heterocycles. The molecule has 0 amide bonds. The minimum Gasteiger partial charge on any atom is -0.397 e. The van der Waals surface area contributed by atoms with Crippen LogP contribution in [0, 0.1) is 5.82 Å². The number of hydrogen-bond donors (Lipinski definition) is 2. The van der Waals surface area contributed by atoms with Crippen LogP contribution < -0.4 is 11.1 Å². The van der Waals surface area contributed by atoms with Crippen molar-refractivity contribution < 1.29 is 4.39 Å². The number of anilines is 2. The number of halogens is 3. The van der Waals surface area contributed by atoms with Crippen LogP contribution in [0.5, 0.6) is 0 Å². The van der Waals surface area contributed by atoms with Gasteiger partial charge >= 0.3 is 0 Å². The van der Waals surface area contributed by atoms with Crippen LogP contribution in [0.3, 0.4) is 0 Å². The first-order valence-corrected chi connectivity index (χ1v) is 6.87. The molecule has 0 aliphatic heterocycles. The van der Waals surface area contributed by atoms with E-state index in [1.54, 1.807) is 18.2 Å². The highest BCUT2D eigenvalue weighted by Crippen LogP contribution is 2.24. The quantitative estimate of drug-likeness (QED) is 0.775. The molecule has 0 aliphatic carbocycles. The van der Waals surface area contributed by atoms with E-state index in [4.69, 9.17) is 5.73 Å². The van der Waals surface area contributed by atoms with Crippen molar-refractivity contribution in [3.05, 3.63) is 56.7 Å². The zero-order valence-corrected chi connectivity index (χ0v) is 12.6. The number of nitrogen functional groups attached to an aromatic ring is 1. The molecule has 0 spiro atoms. The van der Waals surface area contributed by atoms with Crippen molar-refractivity contribution in [2.24, 2.45) is 0 Å². The lowest BCUT2D eigenvalue weighted by Gasteiger charge is -2.10. The molecular weight excluding hydrogens is 363 g/mol. The average Bonchev–Trinajstić information content (AvgIpc) is 2.34. The maximum Gasteiger partial charge on any atom is 0.128 e. The third-order valence-electron chi connectivity index (χ3n) is 2.49. The molecule has 0 saturated heterocycles. The summed E-state index contributed by atoms with van der Waals surface area (Å²) in [5.74, 6) is -0.237. The molecule has 0 heterocycles. The lowest BCUT2D eigenvalue weighted by atomic mass is 10.2. The number of hydrogen-bond acceptors (Lipinski definition) is 2. The summed E-state index contributed by atoms with van der Waals surface area (Å²) in [4.78, 5) is 0. The predicted octanol–water partition coefficient (Wildman–Crippen LogP) is 4.55. The fourth-order valence-corrected chi connectivity index (χ4v) is 2.32. The Morgan fingerprint density at radius 3 is 2.50 bits per heavy atom. The van der Waals surface area contributed by atoms with Crippen molar-refractivity contribution in [2.75, 3.05) is 11.1 Å². The molecule has 0 fully saturated rings. The first-order valence-electron chi connectivity index (χ1n) is 5.29. The molecule has 2 aromatic carbocycles. The Kier molecular flexibility index (Phi) is 4.24. The van der Waals surface area contributed by atoms with Crippen molar-refractivity contribution in [1.29, 1.82) is 0 Å². The minimum absolute atomic E-state index is 0.237. The predicted molar refractivity (Wildman–Crippen MR) is 80.0 cm³/mol. The fourth-order valence-electron chi connectivity index (χ4n) is 1.55. The van der Waals surface area contributed by atoms with Gasteiger partial charge in [0.2, 0.25) is 0 Å². The van der Waals surface area contributed by atoms with Gasteiger partial charge in [0, 0.05) is 21.1 Å². The van der Waals surface area contributed by atoms with Gasteiger partial charge in [0.05, 0.1) is 11.4 Å². The standard InChI is InChI=1S/C13H11Br2FN2/c14-9-1-3-11(16)8(5-9)7-18-13-6-10(15)2-4-12(13)17/h1-6,18H,7,17H2. The van der Waals surface area contributed by atoms with E-state index in [0.29, 0.717) is 17.8 Å². The molecule has 0 unspecified atom stereocenters. The summed E-state index contributed by atoms with van der Waals surface area (Å²) in [6.07, 6.45) is 0. The molecule has 5 heteroatoms. The summed E-state index contributed by atoms with van der Waals surface area (Å²) < 4.78 is 15.3. The van der Waals surface area contributed by atoms with Crippen molar-refractivity contribution >= 4 is 43.2 Å². The Morgan fingerprint density at radius 2 is 1.72 bits per heavy atom. The molecule has 2 aromatic rings. The summed E-state index contributed by atoms with van der Waals surface area (Å²) in [5, 5.41) is 3.12. The monoisotopic (exact) mass is 372 g/mol. The Hall–Kier alpha value is -1.07. The van der Waals surface area contributed by atoms with Gasteiger partial charge in [0.15, 0.2) is 0 Å². The van der Waals surface area contributed by atoms with Crippen LogP contribution in [0.4, 0.5) is 15.8 Å². The van der Waals surface area contributed by atoms with Crippen LogP contribution in [-0.4, -0.2) is 0 Å². The highest BCUT2D eigenvalue weighted by atomic mass is 79.9. The normalized spacial score (nSPS) is 10.4. The highest BCUT2D eigenvalue weighted by Gasteiger charge is 2.04. The zero-order chi connectivity index (χ0) is 13.1. The van der Waals surface area contributed by atoms with Gasteiger partial charge in [-0.1, -0.05) is 31.9 Å². The summed E-state index contributed by atoms with van der Waals surface area (Å²) in [6, 6.07) is 10.4. The van der Waals surface area contributed by atoms with Gasteiger partial charge in [0.25, 0.3) is 0 Å². The maximum absolute atomic E-state index is 13.6. The third kappa shape index (κ3) is 3.23. The van der Waals surface area contributed by atoms with Crippen LogP contribution in [0.1, 0.15) is 5.56 Å². The van der Waals surface area contributed by atoms with Crippen LogP contribution in [0.15, 0.2) is 45.3 Å². The van der Waals surface area contributed by atoms with Gasteiger partial charge in [-0.2, -0.15) is 0 Å². The molecular formula is C13H11Br2FN2. The minimum atomic E-state index is -0.237. The second kappa shape index (κ2) is 5.71. The number of nitrogens with two attached hydrogens (primary N) is 1. The van der Waals surface area contributed by atoms with Gasteiger partial charge in [-0.25, -0.2) is 4.39 Å². The van der Waals surface area contributed by atoms with Crippen molar-refractivity contribution in [2.45, 2.75) is 6.54 Å². The van der Waals surface area contributed by atoms with Gasteiger partial charge in [-0.15, -0.1) is 0 Å². The molecule has 0 bridgehead atoms. The topological polar surface area (TPSA) is 38.0 Å². The largest absolute Gasteiger partial charge is 0.397 e. The van der Waals surface area contributed by atoms with Crippen LogP contribution >= 0.6 is 31.9 Å². The highest BCUT2D eigenvalue weighted by molar-refractivity contribution is 9.10. The first-order chi connectivity index (χ1) is 8.56. The van der Waals surface area contributed by atoms with E-state index in [0.717, 1.165) is 14.6 Å². The number of benzene rings is 2. The average molecular weight is 374 g/mol. The smallest absolute Gasteiger partial charge is 0.128 e. The Balaban J connectivity index is 2.16. The fraction of sp³-hybridized carbons (Fsp3) is 0.0769. The van der Waals surface area contributed by atoms with E-state index in [2.05, 4.69) is 37.2 Å². The summed E-state index contributed by atoms with van der Waals surface area (Å²) in [7, 11) is 0. The van der Waals surface area contributed by atoms with Crippen LogP contribution in [0.25, 0.3) is 0 Å². The summed E-state index contributed by atoms with van der Waals surface area (Å²) in [6.45, 7) is 0.381. The number of nitrogens with one attached hydrogen (secondary N) is 1. The van der Waals surface area contributed by atoms with E-state index in [1.807, 2.05) is 12.1 Å². The Bertz CT molecular complexity index is 521. The van der Waals surface area contributed by atoms with Gasteiger partial charge in [-0.05, 0) is 36.4 Å². The molecule has 0 aliphatic rings. The molecule has 94 valence electrons. The van der Waals surface area contributed by atoms with Gasteiger partial charge < -0.3 is 11.1 Å². The molecule has 0 atom stereocenters. The Morgan fingerprint density at radius 1 is 1.06 bits per heavy atom. The number of rotatable bonds is 3. The summed E-state index contributed by atoms with van der Waals surface area (Å²) in [5.41, 5.74) is 7.84. The zero-order valence-electron chi connectivity index (χ0n) is 9.38. The van der Waals surface area contributed by atoms with Gasteiger partial charge in [-0.3, -0.25) is 0 Å². The van der Waals surface area contributed by atoms with Crippen LogP contribution in [-0.2, 0) is 6.54 Å².